The van der Waals surface area contributed by atoms with Crippen molar-refractivity contribution in [3.8, 4) is 0 Å². The average Bonchev–Trinajstić information content (AvgIpc) is 2.72. The van der Waals surface area contributed by atoms with Crippen LogP contribution in [0, 0.1) is 0 Å². The molecule has 0 saturated heterocycles. The molecule has 1 aromatic rings. The summed E-state index contributed by atoms with van der Waals surface area (Å²) in [5, 5.41) is 12.0. The maximum atomic E-state index is 8.62. The van der Waals surface area contributed by atoms with Gasteiger partial charge in [-0.05, 0) is 43.9 Å². The lowest BCUT2D eigenvalue weighted by Gasteiger charge is -2.00. The van der Waals surface area contributed by atoms with E-state index in [1.54, 1.807) is 10.4 Å². The third-order valence-electron chi connectivity index (χ3n) is 2.61. The molecule has 1 aliphatic carbocycles. The van der Waals surface area contributed by atoms with Crippen LogP contribution < -0.4 is 5.32 Å². The van der Waals surface area contributed by atoms with E-state index in [4.69, 9.17) is 5.11 Å². The molecule has 0 aromatic carbocycles. The minimum absolute atomic E-state index is 0.286. The largest absolute Gasteiger partial charge is 0.396 e. The van der Waals surface area contributed by atoms with Gasteiger partial charge in [0, 0.05) is 22.9 Å². The van der Waals surface area contributed by atoms with Crippen molar-refractivity contribution in [1.82, 2.24) is 5.32 Å². The molecule has 78 valence electrons. The summed E-state index contributed by atoms with van der Waals surface area (Å²) < 4.78 is 0. The fourth-order valence-corrected chi connectivity index (χ4v) is 3.12. The number of aliphatic hydroxyl groups excluding tert-OH is 1. The summed E-state index contributed by atoms with van der Waals surface area (Å²) in [5.41, 5.74) is 1.58. The predicted octanol–water partition coefficient (Wildman–Crippen LogP) is 1.71. The maximum Gasteiger partial charge on any atom is 0.0443 e. The van der Waals surface area contributed by atoms with E-state index in [-0.39, 0.29) is 6.61 Å². The van der Waals surface area contributed by atoms with E-state index in [1.807, 2.05) is 11.3 Å². The monoisotopic (exact) mass is 211 g/mol. The van der Waals surface area contributed by atoms with Gasteiger partial charge in [0.1, 0.15) is 0 Å². The van der Waals surface area contributed by atoms with Gasteiger partial charge in [0.15, 0.2) is 0 Å². The maximum absolute atomic E-state index is 8.62. The number of nitrogens with one attached hydrogen (secondary N) is 1. The highest BCUT2D eigenvalue weighted by atomic mass is 32.1. The Hall–Kier alpha value is -0.380. The van der Waals surface area contributed by atoms with Crippen LogP contribution in [-0.2, 0) is 19.4 Å². The van der Waals surface area contributed by atoms with E-state index < -0.39 is 0 Å². The van der Waals surface area contributed by atoms with Crippen molar-refractivity contribution in [3.63, 3.8) is 0 Å². The third kappa shape index (κ3) is 2.35. The van der Waals surface area contributed by atoms with Crippen LogP contribution in [0.4, 0.5) is 0 Å². The third-order valence-corrected chi connectivity index (χ3v) is 3.85. The number of hydrogen-bond donors (Lipinski definition) is 2. The molecule has 0 amide bonds. The van der Waals surface area contributed by atoms with Crippen LogP contribution in [0.25, 0.3) is 0 Å². The quantitative estimate of drug-likeness (QED) is 0.727. The van der Waals surface area contributed by atoms with E-state index in [2.05, 4.69) is 11.4 Å². The van der Waals surface area contributed by atoms with Crippen LogP contribution in [-0.4, -0.2) is 18.3 Å². The number of thiophene rings is 1. The second-order valence-electron chi connectivity index (χ2n) is 3.77. The van der Waals surface area contributed by atoms with Gasteiger partial charge < -0.3 is 10.4 Å². The first-order chi connectivity index (χ1) is 6.90. The molecular weight excluding hydrogens is 194 g/mol. The Morgan fingerprint density at radius 2 is 2.36 bits per heavy atom. The highest BCUT2D eigenvalue weighted by Crippen LogP contribution is 2.30. The second-order valence-corrected chi connectivity index (χ2v) is 4.99. The minimum Gasteiger partial charge on any atom is -0.396 e. The molecular formula is C11H17NOS. The molecule has 0 atom stereocenters. The van der Waals surface area contributed by atoms with Crippen molar-refractivity contribution in [1.29, 1.82) is 0 Å². The highest BCUT2D eigenvalue weighted by molar-refractivity contribution is 7.12. The standard InChI is InChI=1S/C11H17NOS/c13-6-2-5-12-8-10-7-9-3-1-4-11(9)14-10/h7,12-13H,1-6,8H2. The molecule has 0 aliphatic heterocycles. The van der Waals surface area contributed by atoms with Crippen LogP contribution in [0.1, 0.15) is 28.2 Å². The highest BCUT2D eigenvalue weighted by Gasteiger charge is 2.13. The summed E-state index contributed by atoms with van der Waals surface area (Å²) in [4.78, 5) is 3.05. The number of rotatable bonds is 5. The molecule has 0 spiro atoms. The number of fused-ring (bicyclic) bond motifs is 1. The predicted molar refractivity (Wildman–Crippen MR) is 59.8 cm³/mol. The molecule has 0 unspecified atom stereocenters. The van der Waals surface area contributed by atoms with Gasteiger partial charge in [-0.15, -0.1) is 11.3 Å². The number of aryl methyl sites for hydroxylation is 2. The van der Waals surface area contributed by atoms with E-state index in [0.717, 1.165) is 19.5 Å². The van der Waals surface area contributed by atoms with E-state index >= 15 is 0 Å². The van der Waals surface area contributed by atoms with Crippen molar-refractivity contribution in [3.05, 3.63) is 21.4 Å². The van der Waals surface area contributed by atoms with Crippen molar-refractivity contribution >= 4 is 11.3 Å². The van der Waals surface area contributed by atoms with E-state index in [1.165, 1.54) is 24.1 Å². The van der Waals surface area contributed by atoms with Crippen LogP contribution in [0.3, 0.4) is 0 Å². The van der Waals surface area contributed by atoms with Crippen LogP contribution in [0.2, 0.25) is 0 Å². The lowest BCUT2D eigenvalue weighted by molar-refractivity contribution is 0.286. The minimum atomic E-state index is 0.286. The molecule has 2 rings (SSSR count). The first-order valence-corrected chi connectivity index (χ1v) is 6.14. The van der Waals surface area contributed by atoms with Crippen molar-refractivity contribution < 1.29 is 5.11 Å². The Balaban J connectivity index is 1.79. The summed E-state index contributed by atoms with van der Waals surface area (Å²) in [6.45, 7) is 2.17. The first kappa shape index (κ1) is 10.1. The average molecular weight is 211 g/mol. The summed E-state index contributed by atoms with van der Waals surface area (Å²) in [7, 11) is 0. The van der Waals surface area contributed by atoms with Gasteiger partial charge in [0.25, 0.3) is 0 Å². The first-order valence-electron chi connectivity index (χ1n) is 5.32. The topological polar surface area (TPSA) is 32.3 Å². The Bertz CT molecular complexity index is 274. The van der Waals surface area contributed by atoms with Crippen molar-refractivity contribution in [2.75, 3.05) is 13.2 Å². The van der Waals surface area contributed by atoms with Crippen LogP contribution >= 0.6 is 11.3 Å². The summed E-state index contributed by atoms with van der Waals surface area (Å²) in [6.07, 6.45) is 4.77. The second kappa shape index (κ2) is 4.91. The zero-order valence-electron chi connectivity index (χ0n) is 8.38. The Labute approximate surface area is 89.0 Å². The number of aliphatic hydroxyl groups is 1. The summed E-state index contributed by atoms with van der Waals surface area (Å²) >= 11 is 1.96. The van der Waals surface area contributed by atoms with Gasteiger partial charge in [-0.2, -0.15) is 0 Å². The Kier molecular flexibility index (Phi) is 3.56. The lowest BCUT2D eigenvalue weighted by atomic mass is 10.2. The molecule has 0 saturated carbocycles. The van der Waals surface area contributed by atoms with Gasteiger partial charge in [-0.25, -0.2) is 0 Å². The van der Waals surface area contributed by atoms with E-state index in [9.17, 15) is 0 Å². The van der Waals surface area contributed by atoms with Crippen LogP contribution in [0.5, 0.6) is 0 Å². The zero-order valence-corrected chi connectivity index (χ0v) is 9.20. The van der Waals surface area contributed by atoms with Crippen molar-refractivity contribution in [2.45, 2.75) is 32.2 Å². The lowest BCUT2D eigenvalue weighted by Crippen LogP contribution is -2.14. The normalized spacial score (nSPS) is 14.6. The summed E-state index contributed by atoms with van der Waals surface area (Å²) in [6, 6.07) is 2.35. The zero-order chi connectivity index (χ0) is 9.80. The Morgan fingerprint density at radius 3 is 3.14 bits per heavy atom. The smallest absolute Gasteiger partial charge is 0.0443 e. The summed E-state index contributed by atoms with van der Waals surface area (Å²) in [5.74, 6) is 0. The fraction of sp³-hybridized carbons (Fsp3) is 0.636. The molecule has 1 aromatic heterocycles. The fourth-order valence-electron chi connectivity index (χ4n) is 1.89. The molecule has 1 aliphatic rings. The number of hydrogen-bond acceptors (Lipinski definition) is 3. The van der Waals surface area contributed by atoms with Gasteiger partial charge in [-0.1, -0.05) is 0 Å². The molecule has 0 fully saturated rings. The molecule has 2 nitrogen and oxygen atoms in total. The van der Waals surface area contributed by atoms with Gasteiger partial charge in [-0.3, -0.25) is 0 Å². The van der Waals surface area contributed by atoms with Gasteiger partial charge in [0.05, 0.1) is 0 Å². The van der Waals surface area contributed by atoms with E-state index in [0.29, 0.717) is 0 Å². The van der Waals surface area contributed by atoms with Crippen LogP contribution in [0.15, 0.2) is 6.07 Å². The SMILES string of the molecule is OCCCNCc1cc2c(s1)CCC2. The Morgan fingerprint density at radius 1 is 1.43 bits per heavy atom. The van der Waals surface area contributed by atoms with Gasteiger partial charge in [0.2, 0.25) is 0 Å². The molecule has 2 N–H and O–H groups in total. The molecule has 14 heavy (non-hydrogen) atoms. The molecule has 1 heterocycles. The molecule has 3 heteroatoms. The van der Waals surface area contributed by atoms with Gasteiger partial charge >= 0.3 is 0 Å². The molecule has 0 bridgehead atoms. The molecule has 0 radical (unpaired) electrons. The van der Waals surface area contributed by atoms with Crippen molar-refractivity contribution in [2.24, 2.45) is 0 Å².